The van der Waals surface area contributed by atoms with E-state index in [0.29, 0.717) is 13.2 Å². The maximum absolute atomic E-state index is 5.70. The van der Waals surface area contributed by atoms with Gasteiger partial charge in [-0.05, 0) is 12.5 Å². The fourth-order valence-electron chi connectivity index (χ4n) is 2.13. The summed E-state index contributed by atoms with van der Waals surface area (Å²) in [6.07, 6.45) is 2.35. The Morgan fingerprint density at radius 3 is 2.70 bits per heavy atom. The van der Waals surface area contributed by atoms with Crippen molar-refractivity contribution >= 4 is 29.9 Å². The molecule has 0 spiro atoms. The Labute approximate surface area is 157 Å². The molecule has 0 fully saturated rings. The quantitative estimate of drug-likeness (QED) is 0.280. The number of hydrogen-bond acceptors (Lipinski definition) is 3. The zero-order chi connectivity index (χ0) is 16.2. The van der Waals surface area contributed by atoms with Gasteiger partial charge in [0.2, 0.25) is 0 Å². The van der Waals surface area contributed by atoms with Crippen LogP contribution in [-0.4, -0.2) is 51.8 Å². The minimum absolute atomic E-state index is 0. The Morgan fingerprint density at radius 2 is 2.04 bits per heavy atom. The Morgan fingerprint density at radius 1 is 1.30 bits per heavy atom. The third kappa shape index (κ3) is 8.41. The van der Waals surface area contributed by atoms with E-state index in [1.807, 2.05) is 24.3 Å². The van der Waals surface area contributed by atoms with Gasteiger partial charge in [-0.3, -0.25) is 4.99 Å². The van der Waals surface area contributed by atoms with E-state index in [1.165, 1.54) is 12.8 Å². The first-order valence-electron chi connectivity index (χ1n) is 7.84. The van der Waals surface area contributed by atoms with E-state index in [-0.39, 0.29) is 24.0 Å². The molecule has 0 radical (unpaired) electrons. The maximum Gasteiger partial charge on any atom is 0.193 e. The van der Waals surface area contributed by atoms with Crippen molar-refractivity contribution in [3.05, 3.63) is 29.8 Å². The van der Waals surface area contributed by atoms with Gasteiger partial charge in [0.15, 0.2) is 5.96 Å². The van der Waals surface area contributed by atoms with E-state index < -0.39 is 0 Å². The molecule has 0 amide bonds. The Bertz CT molecular complexity index is 455. The van der Waals surface area contributed by atoms with Crippen LogP contribution in [0.5, 0.6) is 5.75 Å². The predicted molar refractivity (Wildman–Crippen MR) is 107 cm³/mol. The highest BCUT2D eigenvalue weighted by molar-refractivity contribution is 14.0. The Balaban J connectivity index is 0.00000484. The minimum Gasteiger partial charge on any atom is -0.496 e. The molecule has 0 unspecified atom stereocenters. The van der Waals surface area contributed by atoms with Crippen LogP contribution in [0.1, 0.15) is 25.3 Å². The largest absolute Gasteiger partial charge is 0.496 e. The van der Waals surface area contributed by atoms with Gasteiger partial charge in [-0.2, -0.15) is 0 Å². The highest BCUT2D eigenvalue weighted by Crippen LogP contribution is 2.17. The van der Waals surface area contributed by atoms with Gasteiger partial charge in [0, 0.05) is 32.7 Å². The van der Waals surface area contributed by atoms with Crippen LogP contribution in [0, 0.1) is 0 Å². The SMILES string of the molecule is CCCCN(C)C(=NC)NCCOCc1ccccc1OC.I. The van der Waals surface area contributed by atoms with Gasteiger partial charge >= 0.3 is 0 Å². The normalized spacial score (nSPS) is 10.9. The van der Waals surface area contributed by atoms with Crippen LogP contribution in [0.15, 0.2) is 29.3 Å². The van der Waals surface area contributed by atoms with Gasteiger partial charge in [-0.1, -0.05) is 31.5 Å². The summed E-state index contributed by atoms with van der Waals surface area (Å²) < 4.78 is 11.0. The lowest BCUT2D eigenvalue weighted by molar-refractivity contribution is 0.123. The zero-order valence-corrected chi connectivity index (χ0v) is 17.0. The second-order valence-corrected chi connectivity index (χ2v) is 5.11. The van der Waals surface area contributed by atoms with E-state index in [1.54, 1.807) is 14.2 Å². The highest BCUT2D eigenvalue weighted by Gasteiger charge is 2.05. The molecule has 0 bridgehead atoms. The molecule has 0 aliphatic carbocycles. The fourth-order valence-corrected chi connectivity index (χ4v) is 2.13. The summed E-state index contributed by atoms with van der Waals surface area (Å²) in [5.74, 6) is 1.78. The van der Waals surface area contributed by atoms with Crippen molar-refractivity contribution < 1.29 is 9.47 Å². The van der Waals surface area contributed by atoms with Crippen molar-refractivity contribution in [2.24, 2.45) is 4.99 Å². The summed E-state index contributed by atoms with van der Waals surface area (Å²) in [4.78, 5) is 6.42. The second kappa shape index (κ2) is 13.4. The van der Waals surface area contributed by atoms with Crippen LogP contribution in [0.3, 0.4) is 0 Å². The van der Waals surface area contributed by atoms with Crippen molar-refractivity contribution in [1.29, 1.82) is 0 Å². The molecule has 5 nitrogen and oxygen atoms in total. The van der Waals surface area contributed by atoms with E-state index >= 15 is 0 Å². The third-order valence-corrected chi connectivity index (χ3v) is 3.40. The van der Waals surface area contributed by atoms with Gasteiger partial charge < -0.3 is 19.7 Å². The molecule has 0 atom stereocenters. The molecule has 0 aliphatic rings. The summed E-state index contributed by atoms with van der Waals surface area (Å²) in [6, 6.07) is 7.91. The molecule has 1 aromatic carbocycles. The summed E-state index contributed by atoms with van der Waals surface area (Å²) in [5, 5.41) is 3.31. The van der Waals surface area contributed by atoms with Crippen molar-refractivity contribution in [1.82, 2.24) is 10.2 Å². The molecule has 0 aliphatic heterocycles. The van der Waals surface area contributed by atoms with Gasteiger partial charge in [-0.15, -0.1) is 24.0 Å². The van der Waals surface area contributed by atoms with Crippen LogP contribution in [0.2, 0.25) is 0 Å². The average molecular weight is 435 g/mol. The molecule has 1 aromatic rings. The lowest BCUT2D eigenvalue weighted by Gasteiger charge is -2.21. The standard InChI is InChI=1S/C17H29N3O2.HI/c1-5-6-12-20(3)17(18-2)19-11-13-22-14-15-9-7-8-10-16(15)21-4;/h7-10H,5-6,11-14H2,1-4H3,(H,18,19);1H. The molecule has 0 saturated heterocycles. The van der Waals surface area contributed by atoms with E-state index in [0.717, 1.165) is 30.4 Å². The second-order valence-electron chi connectivity index (χ2n) is 5.11. The Hall–Kier alpha value is -1.02. The number of para-hydroxylation sites is 1. The van der Waals surface area contributed by atoms with E-state index in [4.69, 9.17) is 9.47 Å². The molecular formula is C17H30IN3O2. The first-order valence-corrected chi connectivity index (χ1v) is 7.84. The topological polar surface area (TPSA) is 46.1 Å². The number of hydrogen-bond donors (Lipinski definition) is 1. The number of halogens is 1. The smallest absolute Gasteiger partial charge is 0.193 e. The zero-order valence-electron chi connectivity index (χ0n) is 14.7. The number of methoxy groups -OCH3 is 1. The van der Waals surface area contributed by atoms with Crippen LogP contribution < -0.4 is 10.1 Å². The summed E-state index contributed by atoms with van der Waals surface area (Å²) in [7, 11) is 5.54. The van der Waals surface area contributed by atoms with Crippen molar-refractivity contribution in [2.75, 3.05) is 40.9 Å². The summed E-state index contributed by atoms with van der Waals surface area (Å²) in [6.45, 7) is 5.11. The van der Waals surface area contributed by atoms with Gasteiger partial charge in [0.25, 0.3) is 0 Å². The summed E-state index contributed by atoms with van der Waals surface area (Å²) >= 11 is 0. The molecule has 0 aromatic heterocycles. The van der Waals surface area contributed by atoms with Crippen molar-refractivity contribution in [2.45, 2.75) is 26.4 Å². The molecule has 0 saturated carbocycles. The van der Waals surface area contributed by atoms with Crippen LogP contribution in [0.25, 0.3) is 0 Å². The van der Waals surface area contributed by atoms with Gasteiger partial charge in [0.1, 0.15) is 5.75 Å². The molecule has 23 heavy (non-hydrogen) atoms. The van der Waals surface area contributed by atoms with Crippen LogP contribution in [0.4, 0.5) is 0 Å². The number of ether oxygens (including phenoxy) is 2. The highest BCUT2D eigenvalue weighted by atomic mass is 127. The fraction of sp³-hybridized carbons (Fsp3) is 0.588. The average Bonchev–Trinajstić information content (AvgIpc) is 2.56. The number of guanidine groups is 1. The molecule has 0 heterocycles. The number of benzene rings is 1. The first kappa shape index (κ1) is 22.0. The lowest BCUT2D eigenvalue weighted by atomic mass is 10.2. The van der Waals surface area contributed by atoms with Crippen LogP contribution >= 0.6 is 24.0 Å². The third-order valence-electron chi connectivity index (χ3n) is 3.40. The number of nitrogens with one attached hydrogen (secondary N) is 1. The molecular weight excluding hydrogens is 405 g/mol. The van der Waals surface area contributed by atoms with Gasteiger partial charge in [0.05, 0.1) is 20.3 Å². The minimum atomic E-state index is 0. The van der Waals surface area contributed by atoms with Crippen LogP contribution in [-0.2, 0) is 11.3 Å². The maximum atomic E-state index is 5.70. The molecule has 132 valence electrons. The van der Waals surface area contributed by atoms with Crippen molar-refractivity contribution in [3.8, 4) is 5.75 Å². The first-order chi connectivity index (χ1) is 10.7. The molecule has 6 heteroatoms. The summed E-state index contributed by atoms with van der Waals surface area (Å²) in [5.41, 5.74) is 1.06. The monoisotopic (exact) mass is 435 g/mol. The number of unbranched alkanes of at least 4 members (excludes halogenated alkanes) is 1. The van der Waals surface area contributed by atoms with Crippen molar-refractivity contribution in [3.63, 3.8) is 0 Å². The number of aliphatic imine (C=N–C) groups is 1. The Kier molecular flexibility index (Phi) is 12.8. The van der Waals surface area contributed by atoms with E-state index in [9.17, 15) is 0 Å². The molecule has 1 N–H and O–H groups in total. The van der Waals surface area contributed by atoms with E-state index in [2.05, 4.69) is 29.2 Å². The van der Waals surface area contributed by atoms with Gasteiger partial charge in [-0.25, -0.2) is 0 Å². The number of rotatable bonds is 9. The lowest BCUT2D eigenvalue weighted by Crippen LogP contribution is -2.40. The number of nitrogens with zero attached hydrogens (tertiary/aromatic N) is 2. The molecule has 1 rings (SSSR count). The predicted octanol–water partition coefficient (Wildman–Crippen LogP) is 3.14.